The van der Waals surface area contributed by atoms with Gasteiger partial charge < -0.3 is 24.6 Å². The van der Waals surface area contributed by atoms with Gasteiger partial charge in [-0.3, -0.25) is 9.59 Å². The van der Waals surface area contributed by atoms with Gasteiger partial charge in [0.15, 0.2) is 0 Å². The number of thiazole rings is 2. The number of carbonyl (C=O) groups excluding carboxylic acids is 3. The number of amides is 2. The topological polar surface area (TPSA) is 114 Å². The van der Waals surface area contributed by atoms with Crippen molar-refractivity contribution < 1.29 is 50.2 Å². The Morgan fingerprint density at radius 1 is 0.792 bits per heavy atom. The van der Waals surface area contributed by atoms with Gasteiger partial charge in [0.1, 0.15) is 20.6 Å². The third kappa shape index (κ3) is 16.6. The van der Waals surface area contributed by atoms with Gasteiger partial charge in [-0.25, -0.2) is 14.8 Å². The zero-order valence-corrected chi connectivity index (χ0v) is 50.1. The lowest BCUT2D eigenvalue weighted by Crippen LogP contribution is -2.48. The van der Waals surface area contributed by atoms with Crippen molar-refractivity contribution in [2.24, 2.45) is 5.92 Å². The minimum atomic E-state index is -4.53. The maximum atomic E-state index is 14.0. The Balaban J connectivity index is 0.929. The highest BCUT2D eigenvalue weighted by Gasteiger charge is 2.44. The summed E-state index contributed by atoms with van der Waals surface area (Å²) in [6, 6.07) is 9.88. The maximum absolute atomic E-state index is 14.0. The zero-order valence-electron chi connectivity index (χ0n) is 44.5. The molecule has 1 atom stereocenters. The van der Waals surface area contributed by atoms with Crippen LogP contribution in [0, 0.1) is 5.92 Å². The lowest BCUT2D eigenvalue weighted by Gasteiger charge is -2.40. The number of esters is 1. The molecule has 3 aliphatic heterocycles. The van der Waals surface area contributed by atoms with Gasteiger partial charge in [-0.15, -0.1) is 22.7 Å². The fraction of sp³-hybridized carbons (Fsp3) is 0.574. The largest absolute Gasteiger partial charge is 0.466 e. The molecule has 77 heavy (non-hydrogen) atoms. The summed E-state index contributed by atoms with van der Waals surface area (Å²) < 4.78 is 94.3. The fourth-order valence-electron chi connectivity index (χ4n) is 9.84. The first-order valence-electron chi connectivity index (χ1n) is 25.5. The summed E-state index contributed by atoms with van der Waals surface area (Å²) in [4.78, 5) is 51.1. The van der Waals surface area contributed by atoms with Crippen LogP contribution in [0.3, 0.4) is 0 Å². The van der Waals surface area contributed by atoms with Crippen LogP contribution in [0.15, 0.2) is 55.9 Å². The Bertz CT molecular complexity index is 2820. The quantitative estimate of drug-likeness (QED) is 0.0619. The Kier molecular flexibility index (Phi) is 19.4. The highest BCUT2D eigenvalue weighted by Crippen LogP contribution is 2.52. The molecule has 2 fully saturated rings. The number of ether oxygens (including phenoxy) is 2. The fourth-order valence-corrected chi connectivity index (χ4v) is 15.1. The van der Waals surface area contributed by atoms with Crippen molar-refractivity contribution in [2.75, 3.05) is 32.8 Å². The van der Waals surface area contributed by atoms with Gasteiger partial charge in [-0.05, 0) is 160 Å². The number of hydrogen-bond acceptors (Lipinski definition) is 13. The van der Waals surface area contributed by atoms with E-state index in [1.807, 2.05) is 72.4 Å². The van der Waals surface area contributed by atoms with E-state index < -0.39 is 38.4 Å². The average Bonchev–Trinajstić information content (AvgIpc) is 4.03. The van der Waals surface area contributed by atoms with Gasteiger partial charge >= 0.3 is 23.1 Å². The molecular weight excluding hydrogens is 1140 g/mol. The minimum absolute atomic E-state index is 0.0146. The standard InChI is InChI=1S/C54H65Cl2F6N5O5S5/c1-10-71-42(69)28-37-30-73-40(63-37)29-41(68)66-20-14-34(15-21-66)52(9)65-44(46(56)77-52)33-23-36(27-39(25-33)76-54(60,61)62)50(5,6)16-11-17-51(7,8)72-48(70)67-18-12-31(13-19-67)47-64-43(45(55)74-47)32-22-35(49(2,3)4)26-38(24-32)75-53(57,58)59/h22-27,30-31,34,65H,10-21,28-29H2,1-9H3/t52-/m0/s1. The molecule has 2 amide bonds. The smallest absolute Gasteiger partial charge is 0.446 e. The predicted molar refractivity (Wildman–Crippen MR) is 300 cm³/mol. The molecule has 10 nitrogen and oxygen atoms in total. The van der Waals surface area contributed by atoms with Crippen molar-refractivity contribution in [3.05, 3.63) is 82.9 Å². The molecule has 0 radical (unpaired) electrons. The van der Waals surface area contributed by atoms with Crippen molar-refractivity contribution in [3.8, 4) is 11.3 Å². The van der Waals surface area contributed by atoms with E-state index in [-0.39, 0.29) is 76.5 Å². The van der Waals surface area contributed by atoms with Gasteiger partial charge in [-0.1, -0.05) is 69.6 Å². The number of thioether (sulfide) groups is 3. The average molecular weight is 1210 g/mol. The molecule has 2 aromatic carbocycles. The molecule has 0 spiro atoms. The van der Waals surface area contributed by atoms with E-state index in [4.69, 9.17) is 37.7 Å². The monoisotopic (exact) mass is 1210 g/mol. The number of piperidine rings is 2. The van der Waals surface area contributed by atoms with E-state index in [2.05, 4.69) is 10.3 Å². The predicted octanol–water partition coefficient (Wildman–Crippen LogP) is 16.2. The van der Waals surface area contributed by atoms with Crippen molar-refractivity contribution >= 4 is 105 Å². The second-order valence-corrected chi connectivity index (χ2v) is 29.1. The van der Waals surface area contributed by atoms with Crippen LogP contribution in [-0.4, -0.2) is 92.0 Å². The second-order valence-electron chi connectivity index (χ2n) is 22.2. The molecule has 4 aromatic rings. The summed E-state index contributed by atoms with van der Waals surface area (Å²) in [5.41, 5.74) is -6.80. The van der Waals surface area contributed by atoms with Gasteiger partial charge in [-0.2, -0.15) is 26.3 Å². The third-order valence-corrected chi connectivity index (χ3v) is 19.6. The van der Waals surface area contributed by atoms with Crippen LogP contribution in [0.4, 0.5) is 31.1 Å². The van der Waals surface area contributed by atoms with Gasteiger partial charge in [0, 0.05) is 58.4 Å². The summed E-state index contributed by atoms with van der Waals surface area (Å²) in [6.45, 7) is 19.4. The molecule has 422 valence electrons. The van der Waals surface area contributed by atoms with Gasteiger partial charge in [0.2, 0.25) is 5.91 Å². The van der Waals surface area contributed by atoms with Crippen LogP contribution in [0.2, 0.25) is 4.34 Å². The van der Waals surface area contributed by atoms with Crippen molar-refractivity contribution in [1.29, 1.82) is 0 Å². The van der Waals surface area contributed by atoms with E-state index in [0.717, 1.165) is 10.6 Å². The Morgan fingerprint density at radius 3 is 2.00 bits per heavy atom. The SMILES string of the molecule is CCOC(=O)Cc1csc(CC(=O)N2CCC([C@@]3(C)NC(c4cc(SC(F)(F)F)cc(C(C)(C)CCCC(C)(C)OC(=O)N5CCC(c6nc(-c7cc(SC(F)(F)F)cc(C(C)(C)C)c7)c(Cl)s6)CC5)c4)=C(Cl)S3)CC2)n1. The first-order chi connectivity index (χ1) is 35.8. The van der Waals surface area contributed by atoms with Crippen LogP contribution in [0.5, 0.6) is 0 Å². The summed E-state index contributed by atoms with van der Waals surface area (Å²) in [5.74, 6) is -0.346. The molecule has 0 aliphatic carbocycles. The molecule has 23 heteroatoms. The molecule has 0 bridgehead atoms. The molecule has 3 aliphatic rings. The highest BCUT2D eigenvalue weighted by atomic mass is 35.5. The number of nitrogens with one attached hydrogen (secondary N) is 1. The maximum Gasteiger partial charge on any atom is 0.446 e. The third-order valence-electron chi connectivity index (χ3n) is 14.2. The normalized spacial score (nSPS) is 18.5. The first kappa shape index (κ1) is 61.3. The number of hydrogen-bond donors (Lipinski definition) is 1. The lowest BCUT2D eigenvalue weighted by atomic mass is 9.78. The van der Waals surface area contributed by atoms with Crippen molar-refractivity contribution in [1.82, 2.24) is 25.1 Å². The summed E-state index contributed by atoms with van der Waals surface area (Å²) in [7, 11) is 0. The number of alkyl halides is 6. The molecule has 2 aromatic heterocycles. The number of halogens is 8. The molecule has 2 saturated heterocycles. The van der Waals surface area contributed by atoms with Crippen molar-refractivity contribution in [3.63, 3.8) is 0 Å². The first-order valence-corrected chi connectivity index (χ1v) is 30.4. The molecule has 7 rings (SSSR count). The number of aromatic nitrogens is 2. The summed E-state index contributed by atoms with van der Waals surface area (Å²) in [5, 5.41) is 6.76. The van der Waals surface area contributed by atoms with E-state index in [9.17, 15) is 40.7 Å². The van der Waals surface area contributed by atoms with Crippen LogP contribution in [0.25, 0.3) is 17.0 Å². The Morgan fingerprint density at radius 2 is 1.39 bits per heavy atom. The highest BCUT2D eigenvalue weighted by molar-refractivity contribution is 8.06. The zero-order chi connectivity index (χ0) is 56.5. The molecule has 0 unspecified atom stereocenters. The van der Waals surface area contributed by atoms with Crippen molar-refractivity contribution in [2.45, 2.75) is 168 Å². The Hall–Kier alpha value is -3.34. The lowest BCUT2D eigenvalue weighted by molar-refractivity contribution is -0.142. The summed E-state index contributed by atoms with van der Waals surface area (Å²) in [6.07, 6.45) is 3.94. The molecular formula is C54H65Cl2F6N5O5S5. The Labute approximate surface area is 478 Å². The number of benzene rings is 2. The number of likely N-dealkylation sites (tertiary alicyclic amines) is 2. The van der Waals surface area contributed by atoms with E-state index in [0.29, 0.717) is 119 Å². The number of nitrogens with zero attached hydrogens (tertiary/aromatic N) is 4. The van der Waals surface area contributed by atoms with Gasteiger partial charge in [0.25, 0.3) is 0 Å². The van der Waals surface area contributed by atoms with Crippen LogP contribution in [0.1, 0.15) is 146 Å². The number of rotatable bonds is 17. The van der Waals surface area contributed by atoms with Gasteiger partial charge in [0.05, 0.1) is 45.1 Å². The molecule has 0 saturated carbocycles. The molecule has 1 N–H and O–H groups in total. The van der Waals surface area contributed by atoms with E-state index >= 15 is 0 Å². The van der Waals surface area contributed by atoms with E-state index in [1.54, 1.807) is 29.3 Å². The summed E-state index contributed by atoms with van der Waals surface area (Å²) >= 11 is 17.5. The second kappa shape index (κ2) is 24.4. The molecule has 5 heterocycles. The van der Waals surface area contributed by atoms with E-state index in [1.165, 1.54) is 46.6 Å². The van der Waals surface area contributed by atoms with Crippen LogP contribution in [-0.2, 0) is 42.7 Å². The van der Waals surface area contributed by atoms with Crippen LogP contribution < -0.4 is 5.32 Å². The minimum Gasteiger partial charge on any atom is -0.466 e. The number of carbonyl (C=O) groups is 3. The van der Waals surface area contributed by atoms with Crippen LogP contribution >= 0.6 is 81.2 Å².